The van der Waals surface area contributed by atoms with Crippen molar-refractivity contribution in [1.29, 1.82) is 0 Å². The van der Waals surface area contributed by atoms with Gasteiger partial charge in [0.2, 0.25) is 5.91 Å². The van der Waals surface area contributed by atoms with Gasteiger partial charge in [0.25, 0.3) is 0 Å². The third-order valence-corrected chi connectivity index (χ3v) is 4.52. The number of benzene rings is 2. The molecule has 0 saturated heterocycles. The normalized spacial score (nSPS) is 10.7. The number of para-hydroxylation sites is 1. The van der Waals surface area contributed by atoms with E-state index in [2.05, 4.69) is 10.3 Å². The number of nitrogens with zero attached hydrogens (tertiary/aromatic N) is 3. The summed E-state index contributed by atoms with van der Waals surface area (Å²) in [5.41, 5.74) is 2.18. The molecule has 0 aliphatic carbocycles. The van der Waals surface area contributed by atoms with E-state index in [0.717, 1.165) is 16.9 Å². The molecule has 2 rings (SSSR count). The molecule has 2 aromatic rings. The Kier molecular flexibility index (Phi) is 11.1. The van der Waals surface area contributed by atoms with Gasteiger partial charge in [-0.2, -0.15) is 0 Å². The van der Waals surface area contributed by atoms with E-state index in [1.165, 1.54) is 0 Å². The fourth-order valence-electron chi connectivity index (χ4n) is 3.00. The lowest BCUT2D eigenvalue weighted by Gasteiger charge is -2.25. The lowest BCUT2D eigenvalue weighted by molar-refractivity contribution is -0.130. The van der Waals surface area contributed by atoms with Gasteiger partial charge in [-0.25, -0.2) is 0 Å². The van der Waals surface area contributed by atoms with Crippen molar-refractivity contribution in [2.45, 2.75) is 20.0 Å². The molecule has 0 aromatic heterocycles. The van der Waals surface area contributed by atoms with Crippen LogP contribution in [0.3, 0.4) is 0 Å². The number of guanidine groups is 1. The van der Waals surface area contributed by atoms with Gasteiger partial charge in [0.1, 0.15) is 5.75 Å². The Morgan fingerprint density at radius 3 is 2.34 bits per heavy atom. The number of carbonyl (C=O) groups is 1. The lowest BCUT2D eigenvalue weighted by atomic mass is 10.2. The van der Waals surface area contributed by atoms with E-state index < -0.39 is 0 Å². The van der Waals surface area contributed by atoms with Crippen LogP contribution in [0, 0.1) is 0 Å². The molecule has 7 heteroatoms. The summed E-state index contributed by atoms with van der Waals surface area (Å²) in [7, 11) is 5.32. The van der Waals surface area contributed by atoms with Crippen LogP contribution in [0.4, 0.5) is 0 Å². The summed E-state index contributed by atoms with van der Waals surface area (Å²) in [5.74, 6) is 1.54. The molecule has 0 aliphatic rings. The van der Waals surface area contributed by atoms with Gasteiger partial charge in [-0.05, 0) is 18.6 Å². The van der Waals surface area contributed by atoms with Crippen molar-refractivity contribution in [3.8, 4) is 5.75 Å². The summed E-state index contributed by atoms with van der Waals surface area (Å²) in [4.78, 5) is 20.8. The molecule has 1 amide bonds. The molecule has 0 unspecified atom stereocenters. The molecule has 6 nitrogen and oxygen atoms in total. The molecule has 0 atom stereocenters. The summed E-state index contributed by atoms with van der Waals surface area (Å²) in [6, 6.07) is 17.9. The average Bonchev–Trinajstić information content (AvgIpc) is 2.73. The largest absolute Gasteiger partial charge is 0.496 e. The molecule has 0 saturated carbocycles. The highest BCUT2D eigenvalue weighted by Gasteiger charge is 2.15. The molecule has 0 fully saturated rings. The number of ether oxygens (including phenoxy) is 1. The van der Waals surface area contributed by atoms with Crippen LogP contribution in [0.1, 0.15) is 18.1 Å². The first-order valence-electron chi connectivity index (χ1n) is 9.44. The van der Waals surface area contributed by atoms with Crippen LogP contribution in [-0.4, -0.2) is 56.0 Å². The zero-order valence-electron chi connectivity index (χ0n) is 17.6. The van der Waals surface area contributed by atoms with Crippen molar-refractivity contribution in [3.63, 3.8) is 0 Å². The van der Waals surface area contributed by atoms with E-state index in [0.29, 0.717) is 25.6 Å². The number of hydrogen-bond acceptors (Lipinski definition) is 3. The third kappa shape index (κ3) is 7.56. The predicted molar refractivity (Wildman–Crippen MR) is 129 cm³/mol. The predicted octanol–water partition coefficient (Wildman–Crippen LogP) is 3.37. The molecule has 0 aliphatic heterocycles. The second-order valence-corrected chi connectivity index (χ2v) is 6.46. The summed E-state index contributed by atoms with van der Waals surface area (Å²) >= 11 is 0. The van der Waals surface area contributed by atoms with E-state index in [4.69, 9.17) is 4.74 Å². The number of rotatable bonds is 8. The van der Waals surface area contributed by atoms with E-state index in [1.807, 2.05) is 78.4 Å². The number of carbonyl (C=O) groups excluding carboxylic acids is 1. The first-order chi connectivity index (χ1) is 13.6. The van der Waals surface area contributed by atoms with Crippen molar-refractivity contribution >= 4 is 35.8 Å². The molecular formula is C22H31IN4O2. The van der Waals surface area contributed by atoms with Gasteiger partial charge in [0, 0.05) is 39.3 Å². The van der Waals surface area contributed by atoms with Crippen LogP contribution in [0.5, 0.6) is 5.75 Å². The van der Waals surface area contributed by atoms with Gasteiger partial charge >= 0.3 is 0 Å². The number of hydrogen-bond donors (Lipinski definition) is 1. The number of likely N-dealkylation sites (N-methyl/N-ethyl adjacent to an activating group) is 1. The minimum Gasteiger partial charge on any atom is -0.496 e. The topological polar surface area (TPSA) is 57.2 Å². The Morgan fingerprint density at radius 1 is 1.07 bits per heavy atom. The minimum atomic E-state index is 0. The van der Waals surface area contributed by atoms with Gasteiger partial charge < -0.3 is 19.9 Å². The van der Waals surface area contributed by atoms with E-state index in [9.17, 15) is 4.79 Å². The summed E-state index contributed by atoms with van der Waals surface area (Å²) < 4.78 is 5.41. The highest BCUT2D eigenvalue weighted by atomic mass is 127. The average molecular weight is 510 g/mol. The Hall–Kier alpha value is -2.29. The van der Waals surface area contributed by atoms with Crippen molar-refractivity contribution in [1.82, 2.24) is 15.1 Å². The van der Waals surface area contributed by atoms with Crippen LogP contribution in [0.25, 0.3) is 0 Å². The smallest absolute Gasteiger partial charge is 0.242 e. The van der Waals surface area contributed by atoms with Crippen molar-refractivity contribution in [2.75, 3.05) is 34.3 Å². The van der Waals surface area contributed by atoms with Crippen LogP contribution in [0.2, 0.25) is 0 Å². The maximum absolute atomic E-state index is 12.7. The van der Waals surface area contributed by atoms with E-state index in [-0.39, 0.29) is 36.4 Å². The Balaban J connectivity index is 0.00000420. The maximum atomic E-state index is 12.7. The van der Waals surface area contributed by atoms with Crippen molar-refractivity contribution < 1.29 is 9.53 Å². The zero-order chi connectivity index (χ0) is 20.4. The highest BCUT2D eigenvalue weighted by Crippen LogP contribution is 2.18. The molecule has 0 radical (unpaired) electrons. The van der Waals surface area contributed by atoms with Crippen molar-refractivity contribution in [2.24, 2.45) is 4.99 Å². The van der Waals surface area contributed by atoms with Gasteiger partial charge in [-0.3, -0.25) is 9.79 Å². The molecule has 29 heavy (non-hydrogen) atoms. The van der Waals surface area contributed by atoms with Gasteiger partial charge in [-0.1, -0.05) is 48.5 Å². The van der Waals surface area contributed by atoms with Gasteiger partial charge in [0.15, 0.2) is 5.96 Å². The molecule has 1 N–H and O–H groups in total. The van der Waals surface area contributed by atoms with Crippen LogP contribution in [-0.2, 0) is 17.9 Å². The fraction of sp³-hybridized carbons (Fsp3) is 0.364. The van der Waals surface area contributed by atoms with E-state index in [1.54, 1.807) is 14.2 Å². The summed E-state index contributed by atoms with van der Waals surface area (Å²) in [6.07, 6.45) is 0. The van der Waals surface area contributed by atoms with Gasteiger partial charge in [0.05, 0.1) is 13.7 Å². The number of halogens is 1. The fourth-order valence-corrected chi connectivity index (χ4v) is 3.00. The SMILES string of the molecule is CCN(Cc1ccccc1)C(=O)CNC(=NC)N(C)Cc1ccccc1OC.I. The molecule has 2 aromatic carbocycles. The lowest BCUT2D eigenvalue weighted by Crippen LogP contribution is -2.44. The number of nitrogens with one attached hydrogen (secondary N) is 1. The molecule has 158 valence electrons. The maximum Gasteiger partial charge on any atom is 0.242 e. The zero-order valence-corrected chi connectivity index (χ0v) is 19.9. The standard InChI is InChI=1S/C22H30N4O2.HI/c1-5-26(16-18-11-7-6-8-12-18)21(27)15-24-22(23-2)25(3)17-19-13-9-10-14-20(19)28-4;/h6-14H,5,15-17H2,1-4H3,(H,23,24);1H. The minimum absolute atomic E-state index is 0. The second-order valence-electron chi connectivity index (χ2n) is 6.46. The highest BCUT2D eigenvalue weighted by molar-refractivity contribution is 14.0. The first-order valence-corrected chi connectivity index (χ1v) is 9.44. The summed E-state index contributed by atoms with van der Waals surface area (Å²) in [6.45, 7) is 4.07. The van der Waals surface area contributed by atoms with Crippen LogP contribution >= 0.6 is 24.0 Å². The second kappa shape index (κ2) is 13.0. The van der Waals surface area contributed by atoms with E-state index >= 15 is 0 Å². The quantitative estimate of drug-likeness (QED) is 0.336. The van der Waals surface area contributed by atoms with Crippen LogP contribution < -0.4 is 10.1 Å². The first kappa shape index (κ1) is 24.7. The number of methoxy groups -OCH3 is 1. The summed E-state index contributed by atoms with van der Waals surface area (Å²) in [5, 5.41) is 3.17. The molecule has 0 bridgehead atoms. The third-order valence-electron chi connectivity index (χ3n) is 4.52. The monoisotopic (exact) mass is 510 g/mol. The van der Waals surface area contributed by atoms with Gasteiger partial charge in [-0.15, -0.1) is 24.0 Å². The number of amides is 1. The molecular weight excluding hydrogens is 479 g/mol. The van der Waals surface area contributed by atoms with Crippen molar-refractivity contribution in [3.05, 3.63) is 65.7 Å². The Bertz CT molecular complexity index is 783. The Labute approximate surface area is 191 Å². The number of aliphatic imine (C=N–C) groups is 1. The molecule has 0 heterocycles. The van der Waals surface area contributed by atoms with Crippen LogP contribution in [0.15, 0.2) is 59.6 Å². The Morgan fingerprint density at radius 2 is 1.72 bits per heavy atom. The molecule has 0 spiro atoms.